The van der Waals surface area contributed by atoms with Crippen LogP contribution in [0, 0.1) is 6.92 Å². The number of amides is 4. The molecular formula is C27H27N3O3. The van der Waals surface area contributed by atoms with Gasteiger partial charge in [-0.25, -0.2) is 4.79 Å². The number of nitrogens with one attached hydrogen (secondary N) is 2. The number of hydrogen-bond donors (Lipinski definition) is 2. The Balaban J connectivity index is 1.40. The number of urea groups is 1. The molecule has 1 fully saturated rings. The second-order valence-corrected chi connectivity index (χ2v) is 8.59. The van der Waals surface area contributed by atoms with E-state index in [1.165, 1.54) is 0 Å². The minimum absolute atomic E-state index is 0.272. The van der Waals surface area contributed by atoms with E-state index in [1.807, 2.05) is 92.7 Å². The van der Waals surface area contributed by atoms with Crippen molar-refractivity contribution in [1.82, 2.24) is 15.5 Å². The Morgan fingerprint density at radius 2 is 1.55 bits per heavy atom. The zero-order valence-corrected chi connectivity index (χ0v) is 19.0. The van der Waals surface area contributed by atoms with Crippen LogP contribution in [0.4, 0.5) is 4.79 Å². The van der Waals surface area contributed by atoms with E-state index < -0.39 is 23.4 Å². The summed E-state index contributed by atoms with van der Waals surface area (Å²) in [6, 6.07) is 24.6. The Hall–Kier alpha value is -3.93. The number of carbonyl (C=O) groups excluding carboxylic acids is 3. The molecule has 3 aromatic rings. The third kappa shape index (κ3) is 4.51. The molecular weight excluding hydrogens is 414 g/mol. The fourth-order valence-corrected chi connectivity index (χ4v) is 4.03. The highest BCUT2D eigenvalue weighted by atomic mass is 16.2. The van der Waals surface area contributed by atoms with Crippen molar-refractivity contribution in [3.05, 3.63) is 95.6 Å². The highest BCUT2D eigenvalue weighted by Gasteiger charge is 2.49. The molecule has 1 aliphatic rings. The lowest BCUT2D eigenvalue weighted by molar-refractivity contribution is -0.135. The van der Waals surface area contributed by atoms with Gasteiger partial charge in [-0.15, -0.1) is 0 Å². The number of imide groups is 1. The van der Waals surface area contributed by atoms with Gasteiger partial charge < -0.3 is 10.6 Å². The van der Waals surface area contributed by atoms with Crippen molar-refractivity contribution in [2.75, 3.05) is 6.54 Å². The summed E-state index contributed by atoms with van der Waals surface area (Å²) in [7, 11) is 0. The Morgan fingerprint density at radius 3 is 2.18 bits per heavy atom. The summed E-state index contributed by atoms with van der Waals surface area (Å²) < 4.78 is 0. The van der Waals surface area contributed by atoms with Gasteiger partial charge >= 0.3 is 6.03 Å². The molecule has 1 heterocycles. The first-order valence-electron chi connectivity index (χ1n) is 10.9. The number of hydrogen-bond acceptors (Lipinski definition) is 3. The predicted molar refractivity (Wildman–Crippen MR) is 127 cm³/mol. The maximum absolute atomic E-state index is 13.0. The van der Waals surface area contributed by atoms with Crippen LogP contribution in [0.1, 0.15) is 36.6 Å². The summed E-state index contributed by atoms with van der Waals surface area (Å²) >= 11 is 0. The molecule has 1 saturated heterocycles. The smallest absolute Gasteiger partial charge is 0.325 e. The molecule has 6 heteroatoms. The van der Waals surface area contributed by atoms with E-state index in [2.05, 4.69) is 10.6 Å². The van der Waals surface area contributed by atoms with Gasteiger partial charge in [0, 0.05) is 0 Å². The molecule has 0 aromatic heterocycles. The highest BCUT2D eigenvalue weighted by Crippen LogP contribution is 2.29. The topological polar surface area (TPSA) is 78.5 Å². The first-order chi connectivity index (χ1) is 15.8. The highest BCUT2D eigenvalue weighted by molar-refractivity contribution is 6.09. The summed E-state index contributed by atoms with van der Waals surface area (Å²) in [6.45, 7) is 5.15. The minimum Gasteiger partial charge on any atom is -0.348 e. The molecule has 168 valence electrons. The molecule has 2 N–H and O–H groups in total. The second-order valence-electron chi connectivity index (χ2n) is 8.59. The van der Waals surface area contributed by atoms with E-state index in [9.17, 15) is 14.4 Å². The molecule has 4 rings (SSSR count). The third-order valence-electron chi connectivity index (χ3n) is 6.10. The van der Waals surface area contributed by atoms with Gasteiger partial charge in [-0.2, -0.15) is 0 Å². The van der Waals surface area contributed by atoms with Crippen molar-refractivity contribution in [2.24, 2.45) is 0 Å². The average Bonchev–Trinajstić information content (AvgIpc) is 3.04. The normalized spacial score (nSPS) is 18.7. The fraction of sp³-hybridized carbons (Fsp3) is 0.222. The molecule has 6 nitrogen and oxygen atoms in total. The van der Waals surface area contributed by atoms with Gasteiger partial charge in [-0.05, 0) is 43.0 Å². The average molecular weight is 442 g/mol. The summed E-state index contributed by atoms with van der Waals surface area (Å²) in [5.74, 6) is -0.835. The van der Waals surface area contributed by atoms with Crippen LogP contribution >= 0.6 is 0 Å². The predicted octanol–water partition coefficient (Wildman–Crippen LogP) is 4.31. The van der Waals surface area contributed by atoms with Crippen molar-refractivity contribution in [2.45, 2.75) is 32.4 Å². The first-order valence-corrected chi connectivity index (χ1v) is 10.9. The van der Waals surface area contributed by atoms with Crippen LogP contribution in [-0.4, -0.2) is 29.3 Å². The van der Waals surface area contributed by atoms with Gasteiger partial charge in [0.05, 0.1) is 6.04 Å². The van der Waals surface area contributed by atoms with Crippen LogP contribution in [0.25, 0.3) is 11.1 Å². The third-order valence-corrected chi connectivity index (χ3v) is 6.10. The van der Waals surface area contributed by atoms with Crippen LogP contribution < -0.4 is 10.6 Å². The van der Waals surface area contributed by atoms with Crippen LogP contribution in [0.5, 0.6) is 0 Å². The lowest BCUT2D eigenvalue weighted by Crippen LogP contribution is -2.43. The maximum atomic E-state index is 13.0. The minimum atomic E-state index is -1.19. The molecule has 3 aromatic carbocycles. The Kier molecular flexibility index (Phi) is 6.01. The lowest BCUT2D eigenvalue weighted by atomic mass is 9.91. The van der Waals surface area contributed by atoms with Gasteiger partial charge in [0.25, 0.3) is 5.91 Å². The van der Waals surface area contributed by atoms with Crippen molar-refractivity contribution in [1.29, 1.82) is 0 Å². The van der Waals surface area contributed by atoms with E-state index in [4.69, 9.17) is 0 Å². The maximum Gasteiger partial charge on any atom is 0.325 e. The molecule has 0 bridgehead atoms. The van der Waals surface area contributed by atoms with E-state index in [0.717, 1.165) is 27.2 Å². The summed E-state index contributed by atoms with van der Waals surface area (Å²) in [5.41, 5.74) is 3.69. The van der Waals surface area contributed by atoms with Crippen LogP contribution in [0.3, 0.4) is 0 Å². The molecule has 33 heavy (non-hydrogen) atoms. The molecule has 0 radical (unpaired) electrons. The Bertz CT molecular complexity index is 1170. The largest absolute Gasteiger partial charge is 0.348 e. The summed E-state index contributed by atoms with van der Waals surface area (Å²) in [6.07, 6.45) is 0. The van der Waals surface area contributed by atoms with Gasteiger partial charge in [-0.3, -0.25) is 14.5 Å². The number of rotatable bonds is 6. The van der Waals surface area contributed by atoms with E-state index in [-0.39, 0.29) is 12.6 Å². The Labute approximate surface area is 193 Å². The second kappa shape index (κ2) is 8.90. The number of benzene rings is 3. The first kappa shape index (κ1) is 22.3. The van der Waals surface area contributed by atoms with E-state index in [0.29, 0.717) is 5.56 Å². The zero-order valence-electron chi connectivity index (χ0n) is 19.0. The quantitative estimate of drug-likeness (QED) is 0.560. The lowest BCUT2D eigenvalue weighted by Gasteiger charge is -2.22. The van der Waals surface area contributed by atoms with Crippen molar-refractivity contribution in [3.8, 4) is 11.1 Å². The molecule has 0 unspecified atom stereocenters. The Morgan fingerprint density at radius 1 is 0.939 bits per heavy atom. The van der Waals surface area contributed by atoms with Crippen LogP contribution in [-0.2, 0) is 15.1 Å². The molecule has 0 spiro atoms. The van der Waals surface area contributed by atoms with Crippen LogP contribution in [0.15, 0.2) is 78.9 Å². The van der Waals surface area contributed by atoms with Gasteiger partial charge in [0.15, 0.2) is 0 Å². The number of nitrogens with zero attached hydrogens (tertiary/aromatic N) is 1. The fourth-order valence-electron chi connectivity index (χ4n) is 4.03. The van der Waals surface area contributed by atoms with Crippen molar-refractivity contribution in [3.63, 3.8) is 0 Å². The number of aryl methyl sites for hydroxylation is 1. The molecule has 0 saturated carbocycles. The molecule has 4 amide bonds. The SMILES string of the molecule is Cc1ccc([C@@]2(C)NC(=O)N(CC(=O)N[C@@H](C)c3ccc(-c4ccccc4)cc3)C2=O)cc1. The molecule has 2 atom stereocenters. The van der Waals surface area contributed by atoms with Crippen LogP contribution in [0.2, 0.25) is 0 Å². The number of carbonyl (C=O) groups is 3. The zero-order chi connectivity index (χ0) is 23.6. The summed E-state index contributed by atoms with van der Waals surface area (Å²) in [5, 5.41) is 5.62. The van der Waals surface area contributed by atoms with E-state index in [1.54, 1.807) is 6.92 Å². The standard InChI is InChI=1S/C27H27N3O3/c1-18-9-15-23(16-10-18)27(3)25(32)30(26(33)29-27)17-24(31)28-19(2)20-11-13-22(14-12-20)21-7-5-4-6-8-21/h4-16,19H,17H2,1-3H3,(H,28,31)(H,29,33)/t19-,27+/m0/s1. The van der Waals surface area contributed by atoms with Crippen molar-refractivity contribution >= 4 is 17.8 Å². The monoisotopic (exact) mass is 441 g/mol. The molecule has 1 aliphatic heterocycles. The van der Waals surface area contributed by atoms with Gasteiger partial charge in [-0.1, -0.05) is 84.4 Å². The van der Waals surface area contributed by atoms with Gasteiger partial charge in [0.2, 0.25) is 5.91 Å². The van der Waals surface area contributed by atoms with E-state index >= 15 is 0 Å². The van der Waals surface area contributed by atoms with Gasteiger partial charge in [0.1, 0.15) is 12.1 Å². The van der Waals surface area contributed by atoms with Crippen molar-refractivity contribution < 1.29 is 14.4 Å². The summed E-state index contributed by atoms with van der Waals surface area (Å²) in [4.78, 5) is 39.2. The molecule has 0 aliphatic carbocycles.